The second-order valence-electron chi connectivity index (χ2n) is 5.82. The van der Waals surface area contributed by atoms with Crippen LogP contribution in [0.4, 0.5) is 0 Å². The number of carbonyl (C=O) groups excluding carboxylic acids is 3. The molecule has 0 aliphatic heterocycles. The highest BCUT2D eigenvalue weighted by molar-refractivity contribution is 7.98. The van der Waals surface area contributed by atoms with Crippen molar-refractivity contribution in [3.63, 3.8) is 0 Å². The Kier molecular flexibility index (Phi) is 6.79. The van der Waals surface area contributed by atoms with Gasteiger partial charge in [-0.15, -0.1) is 11.8 Å². The normalized spacial score (nSPS) is 11.7. The van der Waals surface area contributed by atoms with Crippen LogP contribution >= 0.6 is 11.8 Å². The first-order chi connectivity index (χ1) is 12.8. The number of nitrogens with zero attached hydrogens (tertiary/aromatic N) is 1. The van der Waals surface area contributed by atoms with E-state index >= 15 is 0 Å². The zero-order chi connectivity index (χ0) is 20.1. The number of pyridine rings is 1. The van der Waals surface area contributed by atoms with Gasteiger partial charge in [-0.05, 0) is 51.6 Å². The highest BCUT2D eigenvalue weighted by atomic mass is 32.2. The molecule has 2 aromatic heterocycles. The smallest absolute Gasteiger partial charge is 0.341 e. The molecule has 0 aromatic carbocycles. The van der Waals surface area contributed by atoms with E-state index in [9.17, 15) is 14.4 Å². The molecule has 0 bridgehead atoms. The topological polar surface area (TPSA) is 98.4 Å². The Morgan fingerprint density at radius 3 is 2.59 bits per heavy atom. The number of H-pyrrole nitrogens is 1. The zero-order valence-electron chi connectivity index (χ0n) is 15.9. The molecule has 0 saturated heterocycles. The summed E-state index contributed by atoms with van der Waals surface area (Å²) in [6.07, 6.45) is 2.36. The Labute approximate surface area is 161 Å². The van der Waals surface area contributed by atoms with Crippen LogP contribution in [0.15, 0.2) is 23.4 Å². The molecule has 2 aromatic rings. The van der Waals surface area contributed by atoms with Gasteiger partial charge in [-0.25, -0.2) is 14.6 Å². The summed E-state index contributed by atoms with van der Waals surface area (Å²) < 4.78 is 10.4. The van der Waals surface area contributed by atoms with Crippen molar-refractivity contribution in [2.24, 2.45) is 0 Å². The minimum Gasteiger partial charge on any atom is -0.462 e. The average molecular weight is 390 g/mol. The van der Waals surface area contributed by atoms with E-state index in [0.717, 1.165) is 0 Å². The fourth-order valence-corrected chi connectivity index (χ4v) is 3.23. The van der Waals surface area contributed by atoms with Crippen LogP contribution < -0.4 is 0 Å². The molecular formula is C19H22N2O5S. The number of thioether (sulfide) groups is 1. The molecule has 27 heavy (non-hydrogen) atoms. The summed E-state index contributed by atoms with van der Waals surface area (Å²) in [6.45, 7) is 6.79. The van der Waals surface area contributed by atoms with Gasteiger partial charge in [-0.1, -0.05) is 0 Å². The Hall–Kier alpha value is -2.61. The molecule has 2 rings (SSSR count). The zero-order valence-corrected chi connectivity index (χ0v) is 16.7. The standard InChI is InChI=1S/C19H22N2O5S/c1-6-25-19(24)14-10(2)15(21-11(14)3)16(22)12(4)26-18(23)13-8-7-9-20-17(13)27-5/h7-9,12,21H,6H2,1-5H3. The first-order valence-corrected chi connectivity index (χ1v) is 9.64. The van der Waals surface area contributed by atoms with Crippen LogP contribution in [0, 0.1) is 13.8 Å². The second kappa shape index (κ2) is 8.85. The van der Waals surface area contributed by atoms with Crippen molar-refractivity contribution in [2.75, 3.05) is 12.9 Å². The Balaban J connectivity index is 2.22. The third kappa shape index (κ3) is 4.39. The largest absolute Gasteiger partial charge is 0.462 e. The number of nitrogens with one attached hydrogen (secondary N) is 1. The number of esters is 2. The monoisotopic (exact) mass is 390 g/mol. The second-order valence-corrected chi connectivity index (χ2v) is 6.61. The van der Waals surface area contributed by atoms with Gasteiger partial charge in [0.2, 0.25) is 5.78 Å². The molecular weight excluding hydrogens is 368 g/mol. The van der Waals surface area contributed by atoms with E-state index < -0.39 is 23.8 Å². The number of rotatable bonds is 7. The maximum absolute atomic E-state index is 12.8. The number of Topliss-reactive ketones (excluding diaryl/α,β-unsaturated/α-hetero) is 1. The molecule has 0 fully saturated rings. The molecule has 0 amide bonds. The van der Waals surface area contributed by atoms with E-state index in [1.54, 1.807) is 45.4 Å². The van der Waals surface area contributed by atoms with Crippen LogP contribution in [-0.4, -0.2) is 46.7 Å². The van der Waals surface area contributed by atoms with Crippen molar-refractivity contribution in [3.05, 3.63) is 46.4 Å². The Morgan fingerprint density at radius 2 is 1.96 bits per heavy atom. The molecule has 8 heteroatoms. The summed E-state index contributed by atoms with van der Waals surface area (Å²) >= 11 is 1.32. The maximum atomic E-state index is 12.8. The number of ether oxygens (including phenoxy) is 2. The van der Waals surface area contributed by atoms with E-state index in [0.29, 0.717) is 27.4 Å². The minimum absolute atomic E-state index is 0.229. The lowest BCUT2D eigenvalue weighted by Crippen LogP contribution is -2.25. The van der Waals surface area contributed by atoms with Crippen molar-refractivity contribution < 1.29 is 23.9 Å². The number of aryl methyl sites for hydroxylation is 1. The van der Waals surface area contributed by atoms with Gasteiger partial charge in [0.05, 0.1) is 23.4 Å². The first kappa shape index (κ1) is 20.7. The number of aromatic nitrogens is 2. The molecule has 0 radical (unpaired) electrons. The van der Waals surface area contributed by atoms with Crippen molar-refractivity contribution in [2.45, 2.75) is 38.8 Å². The van der Waals surface area contributed by atoms with Crippen LogP contribution in [0.5, 0.6) is 0 Å². The van der Waals surface area contributed by atoms with Crippen molar-refractivity contribution >= 4 is 29.5 Å². The van der Waals surface area contributed by atoms with E-state index in [-0.39, 0.29) is 12.3 Å². The summed E-state index contributed by atoms with van der Waals surface area (Å²) in [6, 6.07) is 3.23. The highest BCUT2D eigenvalue weighted by Crippen LogP contribution is 2.22. The van der Waals surface area contributed by atoms with Crippen molar-refractivity contribution in [1.29, 1.82) is 0 Å². The van der Waals surface area contributed by atoms with E-state index in [1.165, 1.54) is 18.7 Å². The molecule has 0 saturated carbocycles. The number of hydrogen-bond acceptors (Lipinski definition) is 7. The lowest BCUT2D eigenvalue weighted by atomic mass is 10.1. The van der Waals surface area contributed by atoms with Gasteiger partial charge in [0, 0.05) is 11.9 Å². The molecule has 2 heterocycles. The van der Waals surface area contributed by atoms with E-state index in [4.69, 9.17) is 9.47 Å². The van der Waals surface area contributed by atoms with Gasteiger partial charge < -0.3 is 14.5 Å². The lowest BCUT2D eigenvalue weighted by molar-refractivity contribution is 0.0312. The minimum atomic E-state index is -1.03. The Bertz CT molecular complexity index is 875. The molecule has 1 atom stereocenters. The fraction of sp³-hybridized carbons (Fsp3) is 0.368. The SMILES string of the molecule is CCOC(=O)c1c(C)[nH]c(C(=O)C(C)OC(=O)c2cccnc2SC)c1C. The fourth-order valence-electron chi connectivity index (χ4n) is 2.70. The van der Waals surface area contributed by atoms with Gasteiger partial charge in [-0.3, -0.25) is 4.79 Å². The van der Waals surface area contributed by atoms with Crippen LogP contribution in [0.2, 0.25) is 0 Å². The maximum Gasteiger partial charge on any atom is 0.341 e. The average Bonchev–Trinajstić information content (AvgIpc) is 2.95. The quantitative estimate of drug-likeness (QED) is 0.440. The molecule has 144 valence electrons. The molecule has 1 N–H and O–H groups in total. The van der Waals surface area contributed by atoms with Crippen LogP contribution in [0.3, 0.4) is 0 Å². The van der Waals surface area contributed by atoms with Crippen LogP contribution in [0.1, 0.15) is 56.3 Å². The van der Waals surface area contributed by atoms with Gasteiger partial charge in [-0.2, -0.15) is 0 Å². The van der Waals surface area contributed by atoms with Crippen LogP contribution in [-0.2, 0) is 9.47 Å². The number of aromatic amines is 1. The van der Waals surface area contributed by atoms with Gasteiger partial charge >= 0.3 is 11.9 Å². The number of hydrogen-bond donors (Lipinski definition) is 1. The summed E-state index contributed by atoms with van der Waals surface area (Å²) in [4.78, 5) is 44.3. The molecule has 0 spiro atoms. The first-order valence-electron chi connectivity index (χ1n) is 8.42. The van der Waals surface area contributed by atoms with E-state index in [2.05, 4.69) is 9.97 Å². The predicted molar refractivity (Wildman–Crippen MR) is 101 cm³/mol. The molecule has 0 aliphatic rings. The summed E-state index contributed by atoms with van der Waals surface area (Å²) in [5.74, 6) is -1.54. The number of carbonyl (C=O) groups is 3. The number of ketones is 1. The third-order valence-corrected chi connectivity index (χ3v) is 4.71. The highest BCUT2D eigenvalue weighted by Gasteiger charge is 2.28. The molecule has 7 nitrogen and oxygen atoms in total. The van der Waals surface area contributed by atoms with Gasteiger partial charge in [0.25, 0.3) is 0 Å². The summed E-state index contributed by atoms with van der Waals surface area (Å²) in [5, 5.41) is 0.527. The van der Waals surface area contributed by atoms with Crippen molar-refractivity contribution in [3.8, 4) is 0 Å². The lowest BCUT2D eigenvalue weighted by Gasteiger charge is -2.13. The van der Waals surface area contributed by atoms with Gasteiger partial charge in [0.15, 0.2) is 6.10 Å². The summed E-state index contributed by atoms with van der Waals surface area (Å²) in [5.41, 5.74) is 1.87. The van der Waals surface area contributed by atoms with E-state index in [1.807, 2.05) is 0 Å². The van der Waals surface area contributed by atoms with Crippen molar-refractivity contribution in [1.82, 2.24) is 9.97 Å². The molecule has 0 aliphatic carbocycles. The summed E-state index contributed by atoms with van der Waals surface area (Å²) in [7, 11) is 0. The predicted octanol–water partition coefficient (Wildman–Crippen LogP) is 3.35. The third-order valence-electron chi connectivity index (χ3n) is 4.00. The molecule has 1 unspecified atom stereocenters. The van der Waals surface area contributed by atoms with Gasteiger partial charge in [0.1, 0.15) is 5.03 Å². The Morgan fingerprint density at radius 1 is 1.26 bits per heavy atom. The van der Waals surface area contributed by atoms with Crippen LogP contribution in [0.25, 0.3) is 0 Å².